The molecule has 0 spiro atoms. The number of carbonyl (C=O) groups excluding carboxylic acids is 1. The molecule has 0 aromatic heterocycles. The van der Waals surface area contributed by atoms with Crippen LogP contribution in [0.5, 0.6) is 0 Å². The van der Waals surface area contributed by atoms with Gasteiger partial charge in [0.2, 0.25) is 0 Å². The van der Waals surface area contributed by atoms with Crippen LogP contribution in [0.1, 0.15) is 19.4 Å². The van der Waals surface area contributed by atoms with Crippen LogP contribution in [-0.4, -0.2) is 32.8 Å². The van der Waals surface area contributed by atoms with Crippen molar-refractivity contribution in [3.63, 3.8) is 0 Å². The summed E-state index contributed by atoms with van der Waals surface area (Å²) in [6.45, 7) is 4.74. The van der Waals surface area contributed by atoms with Crippen LogP contribution < -0.4 is 10.6 Å². The van der Waals surface area contributed by atoms with Crippen LogP contribution in [0.2, 0.25) is 0 Å². The molecule has 0 atom stereocenters. The summed E-state index contributed by atoms with van der Waals surface area (Å²) in [6, 6.07) is 7.14. The molecule has 0 amide bonds. The van der Waals surface area contributed by atoms with Gasteiger partial charge in [-0.1, -0.05) is 12.1 Å². The average Bonchev–Trinajstić information content (AvgIpc) is 2.48. The lowest BCUT2D eigenvalue weighted by molar-refractivity contribution is -0.139. The summed E-state index contributed by atoms with van der Waals surface area (Å²) < 4.78 is 27.8. The molecule has 0 aliphatic carbocycles. The maximum Gasteiger partial charge on any atom is 0.361 e. The van der Waals surface area contributed by atoms with Crippen molar-refractivity contribution in [1.29, 1.82) is 0 Å². The number of nitrogens with one attached hydrogen (secondary N) is 1. The number of ether oxygens (including phenoxy) is 1. The summed E-state index contributed by atoms with van der Waals surface area (Å²) in [4.78, 5) is 11.0. The van der Waals surface area contributed by atoms with Crippen LogP contribution >= 0.6 is 7.60 Å². The highest BCUT2D eigenvalue weighted by atomic mass is 31.2. The van der Waals surface area contributed by atoms with E-state index in [0.29, 0.717) is 25.1 Å². The molecule has 0 aliphatic rings. The van der Waals surface area contributed by atoms with Crippen LogP contribution in [0, 0.1) is 0 Å². The van der Waals surface area contributed by atoms with Gasteiger partial charge in [-0.3, -0.25) is 9.36 Å². The van der Waals surface area contributed by atoms with Gasteiger partial charge in [-0.05, 0) is 31.5 Å². The first-order chi connectivity index (χ1) is 10.1. The van der Waals surface area contributed by atoms with E-state index in [-0.39, 0.29) is 12.5 Å². The first-order valence-electron chi connectivity index (χ1n) is 6.81. The quantitative estimate of drug-likeness (QED) is 0.554. The third kappa shape index (κ3) is 5.59. The van der Waals surface area contributed by atoms with Crippen molar-refractivity contribution in [2.24, 2.45) is 0 Å². The minimum Gasteiger partial charge on any atom is -0.468 e. The molecule has 21 heavy (non-hydrogen) atoms. The Morgan fingerprint density at radius 1 is 1.24 bits per heavy atom. The molecule has 0 bridgehead atoms. The maximum atomic E-state index is 12.7. The Kier molecular flexibility index (Phi) is 7.61. The molecular weight excluding hydrogens is 293 g/mol. The normalized spacial score (nSPS) is 11.4. The molecule has 0 unspecified atom stereocenters. The zero-order valence-corrected chi connectivity index (χ0v) is 13.5. The van der Waals surface area contributed by atoms with Crippen LogP contribution in [0.15, 0.2) is 24.3 Å². The Morgan fingerprint density at radius 3 is 2.48 bits per heavy atom. The average molecular weight is 315 g/mol. The van der Waals surface area contributed by atoms with Crippen molar-refractivity contribution in [2.75, 3.05) is 26.9 Å². The van der Waals surface area contributed by atoms with Gasteiger partial charge in [0.25, 0.3) is 0 Å². The van der Waals surface area contributed by atoms with E-state index in [4.69, 9.17) is 9.05 Å². The number of esters is 1. The monoisotopic (exact) mass is 315 g/mol. The van der Waals surface area contributed by atoms with E-state index in [2.05, 4.69) is 10.1 Å². The molecular formula is C14H22NO5P. The van der Waals surface area contributed by atoms with Crippen molar-refractivity contribution >= 4 is 18.9 Å². The first kappa shape index (κ1) is 17.9. The SMILES string of the molecule is CCOP(=O)(OCC)c1cccc(CNCC(=O)OC)c1. The van der Waals surface area contributed by atoms with Crippen LogP contribution in [0.4, 0.5) is 0 Å². The van der Waals surface area contributed by atoms with Crippen molar-refractivity contribution in [1.82, 2.24) is 5.32 Å². The van der Waals surface area contributed by atoms with Crippen LogP contribution in [0.25, 0.3) is 0 Å². The molecule has 0 saturated heterocycles. The summed E-state index contributed by atoms with van der Waals surface area (Å²) in [5.74, 6) is -0.333. The molecule has 0 fully saturated rings. The summed E-state index contributed by atoms with van der Waals surface area (Å²) in [5.41, 5.74) is 0.885. The maximum absolute atomic E-state index is 12.7. The van der Waals surface area contributed by atoms with E-state index in [0.717, 1.165) is 5.56 Å². The second-order valence-electron chi connectivity index (χ2n) is 4.18. The van der Waals surface area contributed by atoms with Crippen LogP contribution in [-0.2, 0) is 29.7 Å². The van der Waals surface area contributed by atoms with Crippen molar-refractivity contribution in [3.8, 4) is 0 Å². The van der Waals surface area contributed by atoms with Gasteiger partial charge in [0, 0.05) is 6.54 Å². The van der Waals surface area contributed by atoms with Crippen molar-refractivity contribution in [3.05, 3.63) is 29.8 Å². The smallest absolute Gasteiger partial charge is 0.361 e. The fraction of sp³-hybridized carbons (Fsp3) is 0.500. The Balaban J connectivity index is 2.78. The molecule has 6 nitrogen and oxygen atoms in total. The number of hydrogen-bond donors (Lipinski definition) is 1. The number of hydrogen-bond acceptors (Lipinski definition) is 6. The molecule has 1 aromatic carbocycles. The van der Waals surface area contributed by atoms with Gasteiger partial charge in [-0.15, -0.1) is 0 Å². The van der Waals surface area contributed by atoms with E-state index >= 15 is 0 Å². The molecule has 1 aromatic rings. The highest BCUT2D eigenvalue weighted by molar-refractivity contribution is 7.62. The molecule has 1 rings (SSSR count). The zero-order valence-electron chi connectivity index (χ0n) is 12.6. The fourth-order valence-corrected chi connectivity index (χ4v) is 3.39. The Morgan fingerprint density at radius 2 is 1.90 bits per heavy atom. The molecule has 0 aliphatic heterocycles. The van der Waals surface area contributed by atoms with Gasteiger partial charge in [-0.2, -0.15) is 0 Å². The van der Waals surface area contributed by atoms with Gasteiger partial charge < -0.3 is 19.1 Å². The Bertz CT molecular complexity index is 496. The Hall–Kier alpha value is -1.20. The summed E-state index contributed by atoms with van der Waals surface area (Å²) in [6.07, 6.45) is 0. The number of carbonyl (C=O) groups is 1. The topological polar surface area (TPSA) is 73.9 Å². The van der Waals surface area contributed by atoms with Crippen LogP contribution in [0.3, 0.4) is 0 Å². The summed E-state index contributed by atoms with van der Waals surface area (Å²) in [7, 11) is -1.94. The zero-order chi connectivity index (χ0) is 15.7. The van der Waals surface area contributed by atoms with E-state index in [1.54, 1.807) is 32.0 Å². The van der Waals surface area contributed by atoms with Gasteiger partial charge in [-0.25, -0.2) is 0 Å². The molecule has 7 heteroatoms. The predicted molar refractivity (Wildman–Crippen MR) is 80.7 cm³/mol. The molecule has 118 valence electrons. The third-order valence-electron chi connectivity index (χ3n) is 2.65. The largest absolute Gasteiger partial charge is 0.468 e. The summed E-state index contributed by atoms with van der Waals surface area (Å²) >= 11 is 0. The van der Waals surface area contributed by atoms with Crippen molar-refractivity contribution in [2.45, 2.75) is 20.4 Å². The van der Waals surface area contributed by atoms with Gasteiger partial charge in [0.15, 0.2) is 0 Å². The number of benzene rings is 1. The van der Waals surface area contributed by atoms with Gasteiger partial charge >= 0.3 is 13.6 Å². The minimum atomic E-state index is -3.28. The number of rotatable bonds is 9. The lowest BCUT2D eigenvalue weighted by Gasteiger charge is -2.17. The first-order valence-corrected chi connectivity index (χ1v) is 8.36. The second-order valence-corrected chi connectivity index (χ2v) is 6.21. The molecule has 1 N–H and O–H groups in total. The highest BCUT2D eigenvalue weighted by Crippen LogP contribution is 2.46. The van der Waals surface area contributed by atoms with Gasteiger partial charge in [0.05, 0.1) is 32.2 Å². The third-order valence-corrected chi connectivity index (χ3v) is 4.76. The van der Waals surface area contributed by atoms with E-state index < -0.39 is 7.60 Å². The summed E-state index contributed by atoms with van der Waals surface area (Å²) in [5, 5.41) is 3.47. The second kappa shape index (κ2) is 8.95. The van der Waals surface area contributed by atoms with E-state index in [1.165, 1.54) is 7.11 Å². The standard InChI is InChI=1S/C14H22NO5P/c1-4-19-21(17,20-5-2)13-8-6-7-12(9-13)10-15-11-14(16)18-3/h6-9,15H,4-5,10-11H2,1-3H3. The molecule has 0 radical (unpaired) electrons. The molecule has 0 saturated carbocycles. The van der Waals surface area contributed by atoms with Gasteiger partial charge in [0.1, 0.15) is 0 Å². The van der Waals surface area contributed by atoms with E-state index in [1.807, 2.05) is 6.07 Å². The Labute approximate surface area is 125 Å². The lowest BCUT2D eigenvalue weighted by atomic mass is 10.2. The number of methoxy groups -OCH3 is 1. The highest BCUT2D eigenvalue weighted by Gasteiger charge is 2.26. The van der Waals surface area contributed by atoms with E-state index in [9.17, 15) is 9.36 Å². The van der Waals surface area contributed by atoms with Crippen molar-refractivity contribution < 1.29 is 23.1 Å². The lowest BCUT2D eigenvalue weighted by Crippen LogP contribution is -2.24. The predicted octanol–water partition coefficient (Wildman–Crippen LogP) is 1.84. The fourth-order valence-electron chi connectivity index (χ4n) is 1.74. The minimum absolute atomic E-state index is 0.120. The molecule has 0 heterocycles.